The molecule has 1 atom stereocenters. The van der Waals surface area contributed by atoms with Gasteiger partial charge in [0, 0.05) is 6.42 Å². The van der Waals surface area contributed by atoms with Gasteiger partial charge in [-0.05, 0) is 13.3 Å². The summed E-state index contributed by atoms with van der Waals surface area (Å²) in [5.41, 5.74) is 0. The summed E-state index contributed by atoms with van der Waals surface area (Å²) in [7, 11) is 0. The van der Waals surface area contributed by atoms with Crippen LogP contribution in [-0.2, 0) is 0 Å². The quantitative estimate of drug-likeness (QED) is 0.600. The predicted molar refractivity (Wildman–Crippen MR) is 34.7 cm³/mol. The maximum absolute atomic E-state index is 11.6. The number of hydrogen-bond acceptors (Lipinski definition) is 1. The van der Waals surface area contributed by atoms with Crippen molar-refractivity contribution in [3.05, 3.63) is 0 Å². The second-order valence-electron chi connectivity index (χ2n) is 1.87. The van der Waals surface area contributed by atoms with E-state index >= 15 is 0 Å². The van der Waals surface area contributed by atoms with Crippen LogP contribution in [0, 0.1) is 11.8 Å². The molecule has 0 aromatic heterocycles. The van der Waals surface area contributed by atoms with Crippen molar-refractivity contribution in [1.29, 1.82) is 0 Å². The number of hydrogen-bond donors (Lipinski definition) is 1. The van der Waals surface area contributed by atoms with Gasteiger partial charge in [-0.15, -0.1) is 11.8 Å². The maximum Gasteiger partial charge on any atom is 0.264 e. The lowest BCUT2D eigenvalue weighted by Gasteiger charge is -2.04. The lowest BCUT2D eigenvalue weighted by molar-refractivity contribution is -0.00784. The zero-order chi connectivity index (χ0) is 7.98. The molecule has 0 amide bonds. The fraction of sp³-hybridized carbons (Fsp3) is 0.714. The molecule has 1 nitrogen and oxygen atoms in total. The Morgan fingerprint density at radius 1 is 1.50 bits per heavy atom. The van der Waals surface area contributed by atoms with Crippen molar-refractivity contribution in [3.8, 4) is 11.8 Å². The van der Waals surface area contributed by atoms with Crippen molar-refractivity contribution in [2.24, 2.45) is 0 Å². The van der Waals surface area contributed by atoms with Gasteiger partial charge in [-0.25, -0.2) is 8.78 Å². The molecule has 0 aliphatic heterocycles. The molecule has 58 valence electrons. The maximum atomic E-state index is 11.6. The van der Waals surface area contributed by atoms with Crippen LogP contribution in [0.25, 0.3) is 0 Å². The first kappa shape index (κ1) is 9.38. The van der Waals surface area contributed by atoms with E-state index in [1.165, 1.54) is 0 Å². The molecule has 0 aliphatic rings. The first-order valence-corrected chi connectivity index (χ1v) is 3.04. The van der Waals surface area contributed by atoms with Gasteiger partial charge in [0.05, 0.1) is 0 Å². The van der Waals surface area contributed by atoms with Crippen LogP contribution in [0.15, 0.2) is 0 Å². The average Bonchev–Trinajstić information content (AvgIpc) is 1.88. The van der Waals surface area contributed by atoms with Gasteiger partial charge in [0.15, 0.2) is 0 Å². The Hall–Kier alpha value is -0.620. The Labute approximate surface area is 59.1 Å². The summed E-state index contributed by atoms with van der Waals surface area (Å²) in [5.74, 6) is 5.15. The van der Waals surface area contributed by atoms with Gasteiger partial charge in [0.25, 0.3) is 6.43 Å². The van der Waals surface area contributed by atoms with Crippen LogP contribution < -0.4 is 0 Å². The van der Waals surface area contributed by atoms with Crippen LogP contribution in [-0.4, -0.2) is 17.6 Å². The minimum Gasteiger partial charge on any atom is -0.387 e. The molecule has 0 aromatic carbocycles. The van der Waals surface area contributed by atoms with Crippen LogP contribution in [0.3, 0.4) is 0 Å². The number of rotatable bonds is 3. The van der Waals surface area contributed by atoms with Gasteiger partial charge in [0.1, 0.15) is 6.10 Å². The van der Waals surface area contributed by atoms with E-state index in [9.17, 15) is 8.78 Å². The summed E-state index contributed by atoms with van der Waals surface area (Å²) in [5, 5.41) is 8.54. The van der Waals surface area contributed by atoms with Gasteiger partial charge in [-0.1, -0.05) is 0 Å². The molecule has 3 heteroatoms. The van der Waals surface area contributed by atoms with Crippen molar-refractivity contribution in [2.75, 3.05) is 0 Å². The molecule has 10 heavy (non-hydrogen) atoms. The zero-order valence-corrected chi connectivity index (χ0v) is 5.77. The Balaban J connectivity index is 3.36. The number of halogens is 2. The molecular weight excluding hydrogens is 138 g/mol. The van der Waals surface area contributed by atoms with Crippen LogP contribution in [0.5, 0.6) is 0 Å². The molecule has 0 saturated carbocycles. The van der Waals surface area contributed by atoms with Crippen LogP contribution in [0.1, 0.15) is 19.8 Å². The molecule has 0 bridgehead atoms. The highest BCUT2D eigenvalue weighted by Gasteiger charge is 2.14. The molecule has 1 N–H and O–H groups in total. The summed E-state index contributed by atoms with van der Waals surface area (Å²) in [6.07, 6.45) is -3.76. The fourth-order valence-corrected chi connectivity index (χ4v) is 0.471. The van der Waals surface area contributed by atoms with E-state index in [0.717, 1.165) is 0 Å². The highest BCUT2D eigenvalue weighted by atomic mass is 19.3. The number of alkyl halides is 2. The number of aliphatic hydroxyl groups is 1. The number of aliphatic hydroxyl groups excluding tert-OH is 1. The molecule has 0 aliphatic carbocycles. The van der Waals surface area contributed by atoms with E-state index in [1.54, 1.807) is 6.92 Å². The van der Waals surface area contributed by atoms with Crippen molar-refractivity contribution in [1.82, 2.24) is 0 Å². The van der Waals surface area contributed by atoms with E-state index in [0.29, 0.717) is 6.42 Å². The Bertz CT molecular complexity index is 134. The second kappa shape index (κ2) is 5.19. The highest BCUT2D eigenvalue weighted by molar-refractivity contribution is 4.95. The summed E-state index contributed by atoms with van der Waals surface area (Å²) in [4.78, 5) is 0. The molecule has 0 rings (SSSR count). The Morgan fingerprint density at radius 2 is 2.10 bits per heavy atom. The van der Waals surface area contributed by atoms with E-state index in [1.807, 2.05) is 0 Å². The normalized spacial score (nSPS) is 12.5. The minimum absolute atomic E-state index is 0.0541. The summed E-state index contributed by atoms with van der Waals surface area (Å²) >= 11 is 0. The van der Waals surface area contributed by atoms with E-state index < -0.39 is 12.5 Å². The van der Waals surface area contributed by atoms with Gasteiger partial charge in [0.2, 0.25) is 0 Å². The van der Waals surface area contributed by atoms with Crippen LogP contribution in [0.4, 0.5) is 8.78 Å². The lowest BCUT2D eigenvalue weighted by atomic mass is 10.2. The third-order valence-electron chi connectivity index (χ3n) is 1.03. The van der Waals surface area contributed by atoms with Crippen molar-refractivity contribution in [3.63, 3.8) is 0 Å². The molecule has 0 aromatic rings. The summed E-state index contributed by atoms with van der Waals surface area (Å²) < 4.78 is 23.1. The van der Waals surface area contributed by atoms with E-state index in [2.05, 4.69) is 11.8 Å². The molecule has 0 heterocycles. The zero-order valence-electron chi connectivity index (χ0n) is 5.77. The van der Waals surface area contributed by atoms with Crippen molar-refractivity contribution >= 4 is 0 Å². The first-order valence-electron chi connectivity index (χ1n) is 3.04. The summed E-state index contributed by atoms with van der Waals surface area (Å²) in [6.45, 7) is 1.63. The largest absolute Gasteiger partial charge is 0.387 e. The van der Waals surface area contributed by atoms with Gasteiger partial charge >= 0.3 is 0 Å². The van der Waals surface area contributed by atoms with Gasteiger partial charge in [-0.2, -0.15) is 0 Å². The molecule has 0 fully saturated rings. The van der Waals surface area contributed by atoms with E-state index in [-0.39, 0.29) is 6.42 Å². The highest BCUT2D eigenvalue weighted by Crippen LogP contribution is 2.05. The SMILES string of the molecule is CC#CCCC(O)C(F)F. The molecule has 1 unspecified atom stereocenters. The van der Waals surface area contributed by atoms with Crippen LogP contribution in [0.2, 0.25) is 0 Å². The van der Waals surface area contributed by atoms with Crippen molar-refractivity contribution in [2.45, 2.75) is 32.3 Å². The summed E-state index contributed by atoms with van der Waals surface area (Å²) in [6, 6.07) is 0. The third-order valence-corrected chi connectivity index (χ3v) is 1.03. The second-order valence-corrected chi connectivity index (χ2v) is 1.87. The standard InChI is InChI=1S/C7H10F2O/c1-2-3-4-5-6(10)7(8)9/h6-7,10H,4-5H2,1H3. The monoisotopic (exact) mass is 148 g/mol. The minimum atomic E-state index is -2.64. The Morgan fingerprint density at radius 3 is 2.50 bits per heavy atom. The smallest absolute Gasteiger partial charge is 0.264 e. The van der Waals surface area contributed by atoms with Gasteiger partial charge < -0.3 is 5.11 Å². The predicted octanol–water partition coefficient (Wildman–Crippen LogP) is 1.42. The van der Waals surface area contributed by atoms with Gasteiger partial charge in [-0.3, -0.25) is 0 Å². The Kier molecular flexibility index (Phi) is 4.87. The topological polar surface area (TPSA) is 20.2 Å². The lowest BCUT2D eigenvalue weighted by Crippen LogP contribution is -2.16. The molecule has 0 radical (unpaired) electrons. The average molecular weight is 148 g/mol. The van der Waals surface area contributed by atoms with E-state index in [4.69, 9.17) is 5.11 Å². The fourth-order valence-electron chi connectivity index (χ4n) is 0.471. The molecule has 0 spiro atoms. The van der Waals surface area contributed by atoms with Crippen LogP contribution >= 0.6 is 0 Å². The third kappa shape index (κ3) is 4.28. The van der Waals surface area contributed by atoms with Crippen molar-refractivity contribution < 1.29 is 13.9 Å². The molecule has 0 saturated heterocycles. The molecular formula is C7H10F2O. The first-order chi connectivity index (χ1) is 4.68.